The van der Waals surface area contributed by atoms with Gasteiger partial charge in [0.1, 0.15) is 0 Å². The highest BCUT2D eigenvalue weighted by atomic mass is 16.3. The van der Waals surface area contributed by atoms with Crippen LogP contribution in [0.3, 0.4) is 0 Å². The lowest BCUT2D eigenvalue weighted by molar-refractivity contribution is 0.282. The maximum Gasteiger partial charge on any atom is 0.0701 e. The first-order chi connectivity index (χ1) is 9.04. The number of rotatable bonds is 4. The van der Waals surface area contributed by atoms with Crippen molar-refractivity contribution in [1.29, 1.82) is 0 Å². The normalized spacial score (nSPS) is 12.5. The van der Waals surface area contributed by atoms with E-state index in [0.29, 0.717) is 0 Å². The highest BCUT2D eigenvalue weighted by Gasteiger charge is 2.16. The minimum atomic E-state index is 0.0426. The molecule has 19 heavy (non-hydrogen) atoms. The molecule has 0 amide bonds. The smallest absolute Gasteiger partial charge is 0.0701 e. The van der Waals surface area contributed by atoms with E-state index in [0.717, 1.165) is 16.9 Å². The van der Waals surface area contributed by atoms with Gasteiger partial charge in [0.05, 0.1) is 18.3 Å². The molecule has 0 saturated carbocycles. The van der Waals surface area contributed by atoms with E-state index in [1.807, 2.05) is 42.9 Å². The Kier molecular flexibility index (Phi) is 3.90. The first kappa shape index (κ1) is 13.6. The number of nitrogens with one attached hydrogen (secondary N) is 1. The second-order valence-corrected chi connectivity index (χ2v) is 4.89. The van der Waals surface area contributed by atoms with Gasteiger partial charge in [0.25, 0.3) is 0 Å². The number of anilines is 1. The average Bonchev–Trinajstić information content (AvgIpc) is 2.64. The van der Waals surface area contributed by atoms with Gasteiger partial charge in [-0.05, 0) is 26.8 Å². The predicted molar refractivity (Wildman–Crippen MR) is 77.1 cm³/mol. The molecule has 0 saturated heterocycles. The van der Waals surface area contributed by atoms with E-state index in [4.69, 9.17) is 0 Å². The first-order valence-electron chi connectivity index (χ1n) is 6.50. The Hall–Kier alpha value is -1.81. The van der Waals surface area contributed by atoms with Gasteiger partial charge in [-0.25, -0.2) is 0 Å². The molecule has 102 valence electrons. The fourth-order valence-corrected chi connectivity index (χ4v) is 2.52. The quantitative estimate of drug-likeness (QED) is 0.887. The van der Waals surface area contributed by atoms with Crippen LogP contribution in [0.15, 0.2) is 24.3 Å². The van der Waals surface area contributed by atoms with Crippen molar-refractivity contribution in [1.82, 2.24) is 9.78 Å². The van der Waals surface area contributed by atoms with Crippen LogP contribution in [0.4, 0.5) is 5.69 Å². The standard InChI is InChI=1S/C15H21N3O/c1-10(15-11(2)17-18(4)12(15)3)16-14-8-6-5-7-13(14)9-19/h5-8,10,16,19H,9H2,1-4H3. The fraction of sp³-hybridized carbons (Fsp3) is 0.400. The van der Waals surface area contributed by atoms with Crippen LogP contribution < -0.4 is 5.32 Å². The zero-order valence-electron chi connectivity index (χ0n) is 11.9. The van der Waals surface area contributed by atoms with Crippen molar-refractivity contribution >= 4 is 5.69 Å². The molecule has 1 unspecified atom stereocenters. The number of hydrogen-bond acceptors (Lipinski definition) is 3. The lowest BCUT2D eigenvalue weighted by Gasteiger charge is -2.18. The van der Waals surface area contributed by atoms with Gasteiger partial charge in [-0.3, -0.25) is 4.68 Å². The molecular weight excluding hydrogens is 238 g/mol. The largest absolute Gasteiger partial charge is 0.392 e. The molecule has 0 fully saturated rings. The van der Waals surface area contributed by atoms with E-state index < -0.39 is 0 Å². The summed E-state index contributed by atoms with van der Waals surface area (Å²) in [5.74, 6) is 0. The molecule has 2 N–H and O–H groups in total. The zero-order valence-corrected chi connectivity index (χ0v) is 11.9. The van der Waals surface area contributed by atoms with Crippen LogP contribution in [0.25, 0.3) is 0 Å². The number of para-hydroxylation sites is 1. The molecule has 0 bridgehead atoms. The van der Waals surface area contributed by atoms with E-state index in [1.54, 1.807) is 0 Å². The number of aromatic nitrogens is 2. The van der Waals surface area contributed by atoms with Crippen molar-refractivity contribution in [2.45, 2.75) is 33.4 Å². The van der Waals surface area contributed by atoms with E-state index >= 15 is 0 Å². The van der Waals surface area contributed by atoms with Crippen molar-refractivity contribution < 1.29 is 5.11 Å². The third-order valence-electron chi connectivity index (χ3n) is 3.56. The van der Waals surface area contributed by atoms with E-state index in [-0.39, 0.29) is 12.6 Å². The Bertz CT molecular complexity index is 575. The summed E-state index contributed by atoms with van der Waals surface area (Å²) >= 11 is 0. The fourth-order valence-electron chi connectivity index (χ4n) is 2.52. The topological polar surface area (TPSA) is 50.1 Å². The number of hydrogen-bond donors (Lipinski definition) is 2. The molecular formula is C15H21N3O. The summed E-state index contributed by atoms with van der Waals surface area (Å²) in [5, 5.41) is 17.3. The summed E-state index contributed by atoms with van der Waals surface area (Å²) in [6.07, 6.45) is 0. The van der Waals surface area contributed by atoms with Crippen molar-refractivity contribution in [3.05, 3.63) is 46.8 Å². The van der Waals surface area contributed by atoms with Gasteiger partial charge in [-0.2, -0.15) is 5.10 Å². The highest BCUT2D eigenvalue weighted by molar-refractivity contribution is 5.52. The molecule has 2 aromatic rings. The monoisotopic (exact) mass is 259 g/mol. The van der Waals surface area contributed by atoms with Crippen molar-refractivity contribution in [3.8, 4) is 0 Å². The summed E-state index contributed by atoms with van der Waals surface area (Å²) in [5.41, 5.74) is 5.31. The third-order valence-corrected chi connectivity index (χ3v) is 3.56. The Morgan fingerprint density at radius 2 is 2.00 bits per heavy atom. The van der Waals surface area contributed by atoms with E-state index in [9.17, 15) is 5.11 Å². The first-order valence-corrected chi connectivity index (χ1v) is 6.50. The number of aliphatic hydroxyl groups excluding tert-OH is 1. The van der Waals surface area contributed by atoms with Crippen LogP contribution in [-0.4, -0.2) is 14.9 Å². The Balaban J connectivity index is 2.28. The lowest BCUT2D eigenvalue weighted by atomic mass is 10.1. The molecule has 0 spiro atoms. The van der Waals surface area contributed by atoms with Crippen LogP contribution in [0.2, 0.25) is 0 Å². The summed E-state index contributed by atoms with van der Waals surface area (Å²) in [6.45, 7) is 6.26. The number of benzene rings is 1. The second-order valence-electron chi connectivity index (χ2n) is 4.89. The van der Waals surface area contributed by atoms with Gasteiger partial charge in [0.15, 0.2) is 0 Å². The van der Waals surface area contributed by atoms with Gasteiger partial charge in [0, 0.05) is 29.6 Å². The van der Waals surface area contributed by atoms with E-state index in [2.05, 4.69) is 24.3 Å². The second kappa shape index (κ2) is 5.45. The Morgan fingerprint density at radius 3 is 2.58 bits per heavy atom. The highest BCUT2D eigenvalue weighted by Crippen LogP contribution is 2.26. The van der Waals surface area contributed by atoms with Gasteiger partial charge < -0.3 is 10.4 Å². The van der Waals surface area contributed by atoms with Gasteiger partial charge in [0.2, 0.25) is 0 Å². The van der Waals surface area contributed by atoms with Crippen LogP contribution in [0, 0.1) is 13.8 Å². The summed E-state index contributed by atoms with van der Waals surface area (Å²) < 4.78 is 1.90. The number of aliphatic hydroxyl groups is 1. The van der Waals surface area contributed by atoms with Gasteiger partial charge in [-0.1, -0.05) is 18.2 Å². The Labute approximate surface area is 114 Å². The molecule has 0 aliphatic carbocycles. The van der Waals surface area contributed by atoms with E-state index in [1.165, 1.54) is 11.3 Å². The van der Waals surface area contributed by atoms with Crippen LogP contribution in [0.5, 0.6) is 0 Å². The summed E-state index contributed by atoms with van der Waals surface area (Å²) in [6, 6.07) is 7.97. The van der Waals surface area contributed by atoms with Crippen LogP contribution in [0.1, 0.15) is 35.5 Å². The molecule has 1 heterocycles. The molecule has 1 aromatic heterocycles. The van der Waals surface area contributed by atoms with Crippen LogP contribution >= 0.6 is 0 Å². The molecule has 4 nitrogen and oxygen atoms in total. The van der Waals surface area contributed by atoms with Gasteiger partial charge >= 0.3 is 0 Å². The molecule has 0 radical (unpaired) electrons. The SMILES string of the molecule is Cc1nn(C)c(C)c1C(C)Nc1ccccc1CO. The van der Waals surface area contributed by atoms with Crippen LogP contribution in [-0.2, 0) is 13.7 Å². The molecule has 0 aliphatic heterocycles. The molecule has 1 aromatic carbocycles. The lowest BCUT2D eigenvalue weighted by Crippen LogP contribution is -2.10. The predicted octanol–water partition coefficient (Wildman–Crippen LogP) is 2.70. The maximum absolute atomic E-state index is 9.36. The zero-order chi connectivity index (χ0) is 14.0. The molecule has 2 rings (SSSR count). The minimum absolute atomic E-state index is 0.0426. The van der Waals surface area contributed by atoms with Gasteiger partial charge in [-0.15, -0.1) is 0 Å². The average molecular weight is 259 g/mol. The summed E-state index contributed by atoms with van der Waals surface area (Å²) in [4.78, 5) is 0. The maximum atomic E-state index is 9.36. The molecule has 4 heteroatoms. The van der Waals surface area contributed by atoms with Crippen molar-refractivity contribution in [2.24, 2.45) is 7.05 Å². The minimum Gasteiger partial charge on any atom is -0.392 e. The summed E-state index contributed by atoms with van der Waals surface area (Å²) in [7, 11) is 1.96. The number of aryl methyl sites for hydroxylation is 2. The third kappa shape index (κ3) is 2.63. The Morgan fingerprint density at radius 1 is 1.32 bits per heavy atom. The molecule has 1 atom stereocenters. The molecule has 0 aliphatic rings. The van der Waals surface area contributed by atoms with Crippen molar-refractivity contribution in [2.75, 3.05) is 5.32 Å². The van der Waals surface area contributed by atoms with Crippen molar-refractivity contribution in [3.63, 3.8) is 0 Å². The number of nitrogens with zero attached hydrogens (tertiary/aromatic N) is 2.